The van der Waals surface area contributed by atoms with Crippen molar-refractivity contribution in [2.24, 2.45) is 0 Å². The molecular formula is C15H23BrN2. The Morgan fingerprint density at radius 2 is 1.56 bits per heavy atom. The standard InChI is InChI=1S/C15H23BrN2/c16-14-6-8-15(9-7-14)17-10-13-18-11-4-2-1-3-5-12-18/h6-9,17H,1-5,10-13H2. The highest BCUT2D eigenvalue weighted by atomic mass is 79.9. The zero-order valence-electron chi connectivity index (χ0n) is 11.0. The molecule has 1 N–H and O–H groups in total. The molecule has 0 bridgehead atoms. The Morgan fingerprint density at radius 1 is 0.944 bits per heavy atom. The van der Waals surface area contributed by atoms with Crippen molar-refractivity contribution in [1.29, 1.82) is 0 Å². The molecule has 0 atom stereocenters. The van der Waals surface area contributed by atoms with Gasteiger partial charge in [0.05, 0.1) is 0 Å². The summed E-state index contributed by atoms with van der Waals surface area (Å²) in [6.45, 7) is 4.77. The van der Waals surface area contributed by atoms with Gasteiger partial charge in [0.2, 0.25) is 0 Å². The van der Waals surface area contributed by atoms with Crippen LogP contribution in [0, 0.1) is 0 Å². The minimum absolute atomic E-state index is 1.04. The number of nitrogens with zero attached hydrogens (tertiary/aromatic N) is 1. The molecule has 18 heavy (non-hydrogen) atoms. The van der Waals surface area contributed by atoms with Crippen LogP contribution in [0.2, 0.25) is 0 Å². The molecule has 2 rings (SSSR count). The number of nitrogens with one attached hydrogen (secondary N) is 1. The average Bonchev–Trinajstić information content (AvgIpc) is 2.34. The number of rotatable bonds is 4. The average molecular weight is 311 g/mol. The van der Waals surface area contributed by atoms with E-state index in [1.807, 2.05) is 0 Å². The second kappa shape index (κ2) is 7.80. The molecule has 1 heterocycles. The van der Waals surface area contributed by atoms with Gasteiger partial charge in [-0.2, -0.15) is 0 Å². The van der Waals surface area contributed by atoms with Crippen molar-refractivity contribution in [3.63, 3.8) is 0 Å². The van der Waals surface area contributed by atoms with Crippen LogP contribution in [-0.4, -0.2) is 31.1 Å². The summed E-state index contributed by atoms with van der Waals surface area (Å²) in [5, 5.41) is 3.49. The Morgan fingerprint density at radius 3 is 2.22 bits per heavy atom. The van der Waals surface area contributed by atoms with E-state index in [2.05, 4.69) is 50.4 Å². The lowest BCUT2D eigenvalue weighted by Crippen LogP contribution is -2.31. The van der Waals surface area contributed by atoms with Crippen LogP contribution in [0.3, 0.4) is 0 Å². The molecule has 0 radical (unpaired) electrons. The van der Waals surface area contributed by atoms with Gasteiger partial charge in [0.25, 0.3) is 0 Å². The van der Waals surface area contributed by atoms with E-state index in [0.29, 0.717) is 0 Å². The molecule has 1 fully saturated rings. The maximum Gasteiger partial charge on any atom is 0.0341 e. The first-order valence-corrected chi connectivity index (χ1v) is 7.86. The summed E-state index contributed by atoms with van der Waals surface area (Å²) in [5.74, 6) is 0. The van der Waals surface area contributed by atoms with Gasteiger partial charge in [-0.15, -0.1) is 0 Å². The van der Waals surface area contributed by atoms with Gasteiger partial charge < -0.3 is 10.2 Å². The van der Waals surface area contributed by atoms with Crippen molar-refractivity contribution in [1.82, 2.24) is 4.90 Å². The number of hydrogen-bond donors (Lipinski definition) is 1. The van der Waals surface area contributed by atoms with E-state index in [4.69, 9.17) is 0 Å². The van der Waals surface area contributed by atoms with Crippen molar-refractivity contribution in [3.8, 4) is 0 Å². The van der Waals surface area contributed by atoms with Crippen molar-refractivity contribution >= 4 is 21.6 Å². The summed E-state index contributed by atoms with van der Waals surface area (Å²) in [4.78, 5) is 2.60. The first-order chi connectivity index (χ1) is 8.84. The van der Waals surface area contributed by atoms with E-state index in [-0.39, 0.29) is 0 Å². The van der Waals surface area contributed by atoms with Gasteiger partial charge in [-0.3, -0.25) is 0 Å². The molecule has 0 aliphatic carbocycles. The number of anilines is 1. The zero-order chi connectivity index (χ0) is 12.6. The summed E-state index contributed by atoms with van der Waals surface area (Å²) in [6, 6.07) is 8.41. The predicted molar refractivity (Wildman–Crippen MR) is 82.2 cm³/mol. The van der Waals surface area contributed by atoms with Gasteiger partial charge in [0.1, 0.15) is 0 Å². The van der Waals surface area contributed by atoms with E-state index in [1.165, 1.54) is 50.9 Å². The molecule has 0 saturated carbocycles. The Bertz CT molecular complexity index is 329. The largest absolute Gasteiger partial charge is 0.384 e. The number of benzene rings is 1. The first kappa shape index (κ1) is 13.9. The van der Waals surface area contributed by atoms with Crippen LogP contribution in [0.1, 0.15) is 32.1 Å². The Labute approximate surface area is 119 Å². The second-order valence-electron chi connectivity index (χ2n) is 5.04. The lowest BCUT2D eigenvalue weighted by molar-refractivity contribution is 0.256. The third-order valence-electron chi connectivity index (χ3n) is 3.55. The van der Waals surface area contributed by atoms with E-state index in [1.54, 1.807) is 0 Å². The van der Waals surface area contributed by atoms with Crippen LogP contribution in [0.4, 0.5) is 5.69 Å². The van der Waals surface area contributed by atoms with Gasteiger partial charge in [-0.05, 0) is 50.2 Å². The Hall–Kier alpha value is -0.540. The van der Waals surface area contributed by atoms with Crippen LogP contribution in [0.5, 0.6) is 0 Å². The Balaban J connectivity index is 1.68. The smallest absolute Gasteiger partial charge is 0.0341 e. The topological polar surface area (TPSA) is 15.3 Å². The van der Waals surface area contributed by atoms with Gasteiger partial charge in [-0.25, -0.2) is 0 Å². The minimum Gasteiger partial charge on any atom is -0.384 e. The highest BCUT2D eigenvalue weighted by Gasteiger charge is 2.07. The van der Waals surface area contributed by atoms with Crippen molar-refractivity contribution in [3.05, 3.63) is 28.7 Å². The summed E-state index contributed by atoms with van der Waals surface area (Å²) < 4.78 is 1.14. The summed E-state index contributed by atoms with van der Waals surface area (Å²) >= 11 is 3.46. The maximum atomic E-state index is 3.49. The van der Waals surface area contributed by atoms with Gasteiger partial charge in [0.15, 0.2) is 0 Å². The quantitative estimate of drug-likeness (QED) is 0.899. The molecule has 3 heteroatoms. The van der Waals surface area contributed by atoms with Crippen molar-refractivity contribution < 1.29 is 0 Å². The molecule has 0 amide bonds. The molecule has 0 spiro atoms. The van der Waals surface area contributed by atoms with Gasteiger partial charge >= 0.3 is 0 Å². The van der Waals surface area contributed by atoms with Gasteiger partial charge in [-0.1, -0.05) is 35.2 Å². The van der Waals surface area contributed by atoms with Gasteiger partial charge in [0, 0.05) is 23.2 Å². The maximum absolute atomic E-state index is 3.49. The third-order valence-corrected chi connectivity index (χ3v) is 4.08. The molecule has 0 aromatic heterocycles. The Kier molecular flexibility index (Phi) is 6.01. The number of halogens is 1. The summed E-state index contributed by atoms with van der Waals surface area (Å²) in [5.41, 5.74) is 1.21. The lowest BCUT2D eigenvalue weighted by Gasteiger charge is -2.24. The fraction of sp³-hybridized carbons (Fsp3) is 0.600. The molecule has 1 aromatic carbocycles. The molecule has 2 nitrogen and oxygen atoms in total. The van der Waals surface area contributed by atoms with E-state index in [9.17, 15) is 0 Å². The molecule has 1 aliphatic rings. The summed E-state index contributed by atoms with van der Waals surface area (Å²) in [6.07, 6.45) is 7.01. The summed E-state index contributed by atoms with van der Waals surface area (Å²) in [7, 11) is 0. The van der Waals surface area contributed by atoms with Crippen molar-refractivity contribution in [2.75, 3.05) is 31.5 Å². The van der Waals surface area contributed by atoms with E-state index < -0.39 is 0 Å². The fourth-order valence-electron chi connectivity index (χ4n) is 2.46. The number of hydrogen-bond acceptors (Lipinski definition) is 2. The van der Waals surface area contributed by atoms with Crippen LogP contribution < -0.4 is 5.32 Å². The molecule has 1 aliphatic heterocycles. The van der Waals surface area contributed by atoms with E-state index in [0.717, 1.165) is 17.6 Å². The zero-order valence-corrected chi connectivity index (χ0v) is 12.6. The van der Waals surface area contributed by atoms with Crippen LogP contribution in [0.25, 0.3) is 0 Å². The SMILES string of the molecule is Brc1ccc(NCCN2CCCCCCC2)cc1. The van der Waals surface area contributed by atoms with Crippen LogP contribution >= 0.6 is 15.9 Å². The van der Waals surface area contributed by atoms with Crippen LogP contribution in [-0.2, 0) is 0 Å². The highest BCUT2D eigenvalue weighted by molar-refractivity contribution is 9.10. The monoisotopic (exact) mass is 310 g/mol. The molecule has 1 aromatic rings. The number of likely N-dealkylation sites (tertiary alicyclic amines) is 1. The van der Waals surface area contributed by atoms with Crippen molar-refractivity contribution in [2.45, 2.75) is 32.1 Å². The van der Waals surface area contributed by atoms with Crippen LogP contribution in [0.15, 0.2) is 28.7 Å². The minimum atomic E-state index is 1.04. The first-order valence-electron chi connectivity index (χ1n) is 7.06. The van der Waals surface area contributed by atoms with E-state index >= 15 is 0 Å². The second-order valence-corrected chi connectivity index (χ2v) is 5.96. The third kappa shape index (κ3) is 4.99. The highest BCUT2D eigenvalue weighted by Crippen LogP contribution is 2.14. The fourth-order valence-corrected chi connectivity index (χ4v) is 2.73. The molecule has 1 saturated heterocycles. The molecular weight excluding hydrogens is 288 g/mol. The lowest BCUT2D eigenvalue weighted by atomic mass is 10.1. The molecule has 100 valence electrons. The normalized spacial score (nSPS) is 18.1. The molecule has 0 unspecified atom stereocenters. The predicted octanol–water partition coefficient (Wildman–Crippen LogP) is 4.13.